The third-order valence-corrected chi connectivity index (χ3v) is 33.4. The lowest BCUT2D eigenvalue weighted by molar-refractivity contribution is 0.0730. The topological polar surface area (TPSA) is 21.7 Å². The molecule has 1 rings (SSSR count). The highest BCUT2D eigenvalue weighted by Gasteiger charge is 2.55. The molecule has 0 aromatic carbocycles. The van der Waals surface area contributed by atoms with Crippen molar-refractivity contribution in [2.75, 3.05) is 14.1 Å². The number of rotatable bonds is 3. The Hall–Kier alpha value is 0.748. The Kier molecular flexibility index (Phi) is 4.67. The number of hydrogen-bond donors (Lipinski definition) is 0. The van der Waals surface area contributed by atoms with E-state index in [0.29, 0.717) is 0 Å². The van der Waals surface area contributed by atoms with E-state index >= 15 is 0 Å². The number of nitrogens with zero attached hydrogens (tertiary/aromatic N) is 1. The van der Waals surface area contributed by atoms with Gasteiger partial charge in [-0.05, 0) is 47.1 Å². The molecule has 1 heterocycles. The highest BCUT2D eigenvalue weighted by molar-refractivity contribution is 7.50. The van der Waals surface area contributed by atoms with Crippen LogP contribution in [0.25, 0.3) is 0 Å². The molecule has 17 heavy (non-hydrogen) atoms. The van der Waals surface area contributed by atoms with Gasteiger partial charge >= 0.3 is 8.24 Å². The van der Waals surface area contributed by atoms with Gasteiger partial charge in [-0.1, -0.05) is 13.1 Å². The first-order chi connectivity index (χ1) is 7.48. The maximum absolute atomic E-state index is 6.54. The predicted molar refractivity (Wildman–Crippen MR) is 85.4 cm³/mol. The van der Waals surface area contributed by atoms with Crippen LogP contribution < -0.4 is 0 Å². The first kappa shape index (κ1) is 15.8. The van der Waals surface area contributed by atoms with Crippen molar-refractivity contribution >= 4 is 33.4 Å². The molecule has 0 radical (unpaired) electrons. The largest absolute Gasteiger partial charge is 0.431 e. The smallest absolute Gasteiger partial charge is 0.380 e. The first-order valence-electron chi connectivity index (χ1n) is 6.54. The van der Waals surface area contributed by atoms with Gasteiger partial charge in [0.05, 0.1) is 14.2 Å². The maximum atomic E-state index is 6.54. The van der Waals surface area contributed by atoms with Crippen LogP contribution in [0.4, 0.5) is 0 Å². The molecule has 0 bridgehead atoms. The van der Waals surface area contributed by atoms with E-state index in [9.17, 15) is 0 Å². The molecule has 102 valence electrons. The van der Waals surface area contributed by atoms with Crippen LogP contribution in [-0.4, -0.2) is 57.7 Å². The lowest BCUT2D eigenvalue weighted by Crippen LogP contribution is -2.74. The minimum Gasteiger partial charge on any atom is -0.431 e. The monoisotopic (exact) mass is 307 g/mol. The van der Waals surface area contributed by atoms with Crippen molar-refractivity contribution in [2.45, 2.75) is 51.7 Å². The predicted octanol–water partition coefficient (Wildman–Crippen LogP) is 1.17. The maximum Gasteiger partial charge on any atom is 0.380 e. The van der Waals surface area contributed by atoms with E-state index in [-0.39, 0.29) is 14.2 Å². The molecule has 0 saturated carbocycles. The summed E-state index contributed by atoms with van der Waals surface area (Å²) in [7, 11) is 0.0267. The van der Waals surface area contributed by atoms with Crippen LogP contribution in [0.1, 0.15) is 13.8 Å². The molecule has 1 atom stereocenters. The van der Waals surface area contributed by atoms with Crippen molar-refractivity contribution in [2.24, 2.45) is 0 Å². The van der Waals surface area contributed by atoms with E-state index in [2.05, 4.69) is 58.7 Å². The van der Waals surface area contributed by atoms with Crippen molar-refractivity contribution in [1.29, 1.82) is 0 Å². The highest BCUT2D eigenvalue weighted by Crippen LogP contribution is 2.35. The third kappa shape index (κ3) is 4.12. The molecule has 7 heteroatoms. The van der Waals surface area contributed by atoms with Gasteiger partial charge in [0, 0.05) is 7.59 Å². The fraction of sp³-hybridized carbons (Fsp3) is 1.00. The molecule has 0 spiro atoms. The number of hydrogen-bond acceptors (Lipinski definition) is 3. The van der Waals surface area contributed by atoms with E-state index in [0.717, 1.165) is 0 Å². The second-order valence-electron chi connectivity index (χ2n) is 7.15. The summed E-state index contributed by atoms with van der Waals surface area (Å²) in [5.41, 5.74) is 0.0285. The van der Waals surface area contributed by atoms with Crippen molar-refractivity contribution < 1.29 is 8.54 Å². The van der Waals surface area contributed by atoms with E-state index in [1.54, 1.807) is 0 Å². The Labute approximate surface area is 112 Å². The minimum absolute atomic E-state index is 0.0285. The van der Waals surface area contributed by atoms with Crippen molar-refractivity contribution in [3.63, 3.8) is 0 Å². The van der Waals surface area contributed by atoms with Gasteiger partial charge < -0.3 is 8.54 Å². The minimum atomic E-state index is -2.00. The molecular formula is C10H29NO2Si4. The Morgan fingerprint density at radius 2 is 1.82 bits per heavy atom. The first-order valence-corrected chi connectivity index (χ1v) is 18.9. The third-order valence-electron chi connectivity index (χ3n) is 3.14. The van der Waals surface area contributed by atoms with Gasteiger partial charge in [-0.25, -0.2) is 0 Å². The molecule has 1 fully saturated rings. The molecule has 1 aliphatic rings. The summed E-state index contributed by atoms with van der Waals surface area (Å²) >= 11 is 0. The van der Waals surface area contributed by atoms with Crippen molar-refractivity contribution in [1.82, 2.24) is 4.57 Å². The summed E-state index contributed by atoms with van der Waals surface area (Å²) in [5.74, 6) is 0. The standard InChI is InChI=1S/C10H29NO2Si4/c1-10(2)9-16(7,8)14-17(12-10,11(3)4)13-15(5)6/h15H,9,14H2,1-8H3. The van der Waals surface area contributed by atoms with Gasteiger partial charge in [0.1, 0.15) is 0 Å². The second kappa shape index (κ2) is 5.03. The Balaban J connectivity index is 3.04. The summed E-state index contributed by atoms with van der Waals surface area (Å²) in [4.78, 5) is 0. The molecule has 0 aromatic heterocycles. The zero-order chi connectivity index (χ0) is 13.5. The summed E-state index contributed by atoms with van der Waals surface area (Å²) in [6.45, 7) is 14.1. The molecule has 0 N–H and O–H groups in total. The van der Waals surface area contributed by atoms with Gasteiger partial charge in [-0.15, -0.1) is 0 Å². The zero-order valence-electron chi connectivity index (χ0n) is 12.8. The summed E-state index contributed by atoms with van der Waals surface area (Å²) in [5, 5.41) is 0. The highest BCUT2D eigenvalue weighted by atomic mass is 29.6. The quantitative estimate of drug-likeness (QED) is 0.731. The zero-order valence-corrected chi connectivity index (χ0v) is 17.3. The molecule has 0 aromatic rings. The Morgan fingerprint density at radius 3 is 2.18 bits per heavy atom. The van der Waals surface area contributed by atoms with E-state index in [1.165, 1.54) is 6.04 Å². The Bertz CT molecular complexity index is 265. The summed E-state index contributed by atoms with van der Waals surface area (Å²) < 4.78 is 15.4. The van der Waals surface area contributed by atoms with Crippen LogP contribution in [0.15, 0.2) is 0 Å². The average Bonchev–Trinajstić information content (AvgIpc) is 1.94. The molecule has 0 amide bonds. The Morgan fingerprint density at radius 1 is 1.29 bits per heavy atom. The molecule has 1 aliphatic heterocycles. The molecule has 1 saturated heterocycles. The lowest BCUT2D eigenvalue weighted by atomic mass is 10.2. The van der Waals surface area contributed by atoms with Crippen LogP contribution in [0, 0.1) is 0 Å². The van der Waals surface area contributed by atoms with Gasteiger partial charge in [-0.3, -0.25) is 4.57 Å². The SMILES string of the molecule is CN(C)[Si]1(O[SiH](C)C)OC(C)(C)C[Si](C)(C)[SiH2]1. The summed E-state index contributed by atoms with van der Waals surface area (Å²) in [6.07, 6.45) is 0. The molecular weight excluding hydrogens is 278 g/mol. The van der Waals surface area contributed by atoms with Gasteiger partial charge in [-0.2, -0.15) is 0 Å². The molecule has 0 aliphatic carbocycles. The fourth-order valence-corrected chi connectivity index (χ4v) is 42.4. The van der Waals surface area contributed by atoms with Gasteiger partial charge in [0.15, 0.2) is 9.04 Å². The van der Waals surface area contributed by atoms with Gasteiger partial charge in [0.2, 0.25) is 0 Å². The molecule has 3 nitrogen and oxygen atoms in total. The summed E-state index contributed by atoms with van der Waals surface area (Å²) in [6, 6.07) is 1.30. The fourth-order valence-electron chi connectivity index (χ4n) is 3.11. The van der Waals surface area contributed by atoms with Gasteiger partial charge in [0.25, 0.3) is 0 Å². The van der Waals surface area contributed by atoms with E-state index in [4.69, 9.17) is 8.54 Å². The lowest BCUT2D eigenvalue weighted by Gasteiger charge is -2.52. The van der Waals surface area contributed by atoms with Crippen LogP contribution in [0.3, 0.4) is 0 Å². The van der Waals surface area contributed by atoms with Crippen LogP contribution in [0.2, 0.25) is 32.2 Å². The molecule has 1 unspecified atom stereocenters. The van der Waals surface area contributed by atoms with Crippen LogP contribution in [0.5, 0.6) is 0 Å². The second-order valence-corrected chi connectivity index (χ2v) is 30.4. The van der Waals surface area contributed by atoms with E-state index < -0.39 is 24.9 Å². The average molecular weight is 308 g/mol. The van der Waals surface area contributed by atoms with Crippen molar-refractivity contribution in [3.8, 4) is 0 Å². The van der Waals surface area contributed by atoms with Crippen molar-refractivity contribution in [3.05, 3.63) is 0 Å². The van der Waals surface area contributed by atoms with E-state index in [1.807, 2.05) is 0 Å². The van der Waals surface area contributed by atoms with Crippen LogP contribution in [-0.2, 0) is 8.54 Å². The van der Waals surface area contributed by atoms with Crippen LogP contribution >= 0.6 is 0 Å². The normalized spacial score (nSPS) is 33.5.